The fraction of sp³-hybridized carbons (Fsp3) is 0.500. The lowest BCUT2D eigenvalue weighted by molar-refractivity contribution is 0.0499. The molecule has 4 N–H and O–H groups in total. The number of fused-ring (bicyclic) bond motifs is 1. The lowest BCUT2D eigenvalue weighted by Crippen LogP contribution is -2.08. The van der Waals surface area contributed by atoms with E-state index in [1.165, 1.54) is 6.33 Å². The van der Waals surface area contributed by atoms with E-state index in [4.69, 9.17) is 25.4 Å². The van der Waals surface area contributed by atoms with Gasteiger partial charge < -0.3 is 25.4 Å². The highest BCUT2D eigenvalue weighted by Gasteiger charge is 2.13. The number of imidazole rings is 1. The van der Waals surface area contributed by atoms with Gasteiger partial charge in [-0.3, -0.25) is 4.57 Å². The first-order valence-electron chi connectivity index (χ1n) is 5.67. The van der Waals surface area contributed by atoms with Gasteiger partial charge in [-0.05, 0) is 0 Å². The summed E-state index contributed by atoms with van der Waals surface area (Å²) in [7, 11) is 0. The molecule has 0 bridgehead atoms. The maximum Gasteiger partial charge on any atom is 0.247 e. The highest BCUT2D eigenvalue weighted by atomic mass is 16.5. The molecule has 0 aliphatic heterocycles. The summed E-state index contributed by atoms with van der Waals surface area (Å²) in [5.41, 5.74) is 6.50. The van der Waals surface area contributed by atoms with Crippen molar-refractivity contribution in [3.05, 3.63) is 6.33 Å². The molecule has 19 heavy (non-hydrogen) atoms. The zero-order valence-electron chi connectivity index (χ0n) is 10.2. The van der Waals surface area contributed by atoms with Crippen molar-refractivity contribution in [2.24, 2.45) is 0 Å². The fourth-order valence-corrected chi connectivity index (χ4v) is 1.50. The van der Waals surface area contributed by atoms with Crippen molar-refractivity contribution in [2.45, 2.75) is 6.73 Å². The molecule has 0 fully saturated rings. The molecular formula is C10H15N5O4. The molecule has 0 aromatic carbocycles. The van der Waals surface area contributed by atoms with E-state index in [1.807, 2.05) is 0 Å². The van der Waals surface area contributed by atoms with E-state index in [0.29, 0.717) is 11.2 Å². The number of hydrogen-bond acceptors (Lipinski definition) is 8. The van der Waals surface area contributed by atoms with Crippen molar-refractivity contribution >= 4 is 17.1 Å². The lowest BCUT2D eigenvalue weighted by atomic mass is 10.5. The number of rotatable bonds is 7. The first kappa shape index (κ1) is 13.5. The minimum absolute atomic E-state index is 0.0457. The van der Waals surface area contributed by atoms with Gasteiger partial charge in [0.15, 0.2) is 11.2 Å². The van der Waals surface area contributed by atoms with Crippen LogP contribution in [0.15, 0.2) is 6.33 Å². The van der Waals surface area contributed by atoms with Gasteiger partial charge in [-0.15, -0.1) is 0 Å². The molecule has 0 atom stereocenters. The van der Waals surface area contributed by atoms with Gasteiger partial charge in [0.05, 0.1) is 26.1 Å². The van der Waals surface area contributed by atoms with Crippen LogP contribution in [0.2, 0.25) is 0 Å². The molecular weight excluding hydrogens is 254 g/mol. The number of hydrogen-bond donors (Lipinski definition) is 3. The van der Waals surface area contributed by atoms with E-state index < -0.39 is 0 Å². The zero-order chi connectivity index (χ0) is 13.7. The maximum absolute atomic E-state index is 8.75. The Hall–Kier alpha value is -1.97. The summed E-state index contributed by atoms with van der Waals surface area (Å²) in [5.74, 6) is 0.266. The van der Waals surface area contributed by atoms with Crippen LogP contribution < -0.4 is 10.5 Å². The normalized spacial score (nSPS) is 11.1. The molecule has 0 saturated carbocycles. The zero-order valence-corrected chi connectivity index (χ0v) is 10.2. The molecule has 9 nitrogen and oxygen atoms in total. The average Bonchev–Trinajstić information content (AvgIpc) is 2.79. The number of aromatic nitrogens is 4. The Morgan fingerprint density at radius 2 is 2.00 bits per heavy atom. The Kier molecular flexibility index (Phi) is 4.44. The van der Waals surface area contributed by atoms with Crippen molar-refractivity contribution in [2.75, 3.05) is 32.2 Å². The summed E-state index contributed by atoms with van der Waals surface area (Å²) in [6.07, 6.45) is 1.52. The second-order valence-electron chi connectivity index (χ2n) is 3.61. The van der Waals surface area contributed by atoms with Gasteiger partial charge in [-0.2, -0.15) is 9.97 Å². The molecule has 104 valence electrons. The Balaban J connectivity index is 2.28. The Morgan fingerprint density at radius 3 is 2.74 bits per heavy atom. The molecule has 0 aliphatic carbocycles. The van der Waals surface area contributed by atoms with Crippen LogP contribution in [0.1, 0.15) is 0 Å². The standard InChI is InChI=1S/C10H15N5O4/c11-10-13-8-7(9(14-10)19-4-2-17)12-5-15(8)6-18-3-1-16/h5,16-17H,1-4,6H2,(H2,11,13,14). The van der Waals surface area contributed by atoms with Gasteiger partial charge in [0, 0.05) is 0 Å². The predicted molar refractivity (Wildman–Crippen MR) is 65.4 cm³/mol. The van der Waals surface area contributed by atoms with Crippen LogP contribution in [0.25, 0.3) is 11.2 Å². The van der Waals surface area contributed by atoms with E-state index in [1.54, 1.807) is 4.57 Å². The molecule has 0 radical (unpaired) electrons. The Labute approximate surface area is 108 Å². The smallest absolute Gasteiger partial charge is 0.247 e. The number of ether oxygens (including phenoxy) is 2. The largest absolute Gasteiger partial charge is 0.474 e. The molecule has 2 aromatic rings. The summed E-state index contributed by atoms with van der Waals surface area (Å²) in [4.78, 5) is 12.1. The molecule has 2 rings (SSSR count). The van der Waals surface area contributed by atoms with Gasteiger partial charge in [0.1, 0.15) is 13.3 Å². The number of aliphatic hydroxyl groups excluding tert-OH is 2. The van der Waals surface area contributed by atoms with Crippen molar-refractivity contribution in [1.82, 2.24) is 19.5 Å². The number of nitrogens with two attached hydrogens (primary N) is 1. The molecule has 0 aliphatic rings. The first-order chi connectivity index (χ1) is 9.26. The quantitative estimate of drug-likeness (QED) is 0.531. The summed E-state index contributed by atoms with van der Waals surface area (Å²) in [5, 5.41) is 17.4. The topological polar surface area (TPSA) is 129 Å². The predicted octanol–water partition coefficient (Wildman–Crippen LogP) is -1.25. The SMILES string of the molecule is Nc1nc(OCCO)c2ncn(COCCO)c2n1. The van der Waals surface area contributed by atoms with Crippen molar-refractivity contribution in [3.8, 4) is 5.88 Å². The number of anilines is 1. The number of aliphatic hydroxyl groups is 2. The van der Waals surface area contributed by atoms with E-state index >= 15 is 0 Å². The van der Waals surface area contributed by atoms with Gasteiger partial charge >= 0.3 is 0 Å². The maximum atomic E-state index is 8.75. The molecule has 0 saturated heterocycles. The van der Waals surface area contributed by atoms with Gasteiger partial charge in [-0.1, -0.05) is 0 Å². The highest BCUT2D eigenvalue weighted by Crippen LogP contribution is 2.21. The first-order valence-corrected chi connectivity index (χ1v) is 5.67. The molecule has 2 aromatic heterocycles. The highest BCUT2D eigenvalue weighted by molar-refractivity contribution is 5.77. The number of nitrogens with zero attached hydrogens (tertiary/aromatic N) is 4. The summed E-state index contributed by atoms with van der Waals surface area (Å²) in [6.45, 7) is 0.306. The number of nitrogen functional groups attached to an aromatic ring is 1. The Bertz CT molecular complexity index is 544. The van der Waals surface area contributed by atoms with Crippen LogP contribution in [0, 0.1) is 0 Å². The second-order valence-corrected chi connectivity index (χ2v) is 3.61. The third kappa shape index (κ3) is 3.08. The van der Waals surface area contributed by atoms with Crippen LogP contribution in [-0.4, -0.2) is 56.2 Å². The van der Waals surface area contributed by atoms with Crippen molar-refractivity contribution < 1.29 is 19.7 Å². The van der Waals surface area contributed by atoms with Crippen LogP contribution >= 0.6 is 0 Å². The van der Waals surface area contributed by atoms with Crippen LogP contribution in [-0.2, 0) is 11.5 Å². The monoisotopic (exact) mass is 269 g/mol. The second kappa shape index (κ2) is 6.27. The van der Waals surface area contributed by atoms with Crippen molar-refractivity contribution in [3.63, 3.8) is 0 Å². The van der Waals surface area contributed by atoms with Gasteiger partial charge in [0.2, 0.25) is 11.8 Å². The van der Waals surface area contributed by atoms with E-state index in [2.05, 4.69) is 15.0 Å². The summed E-state index contributed by atoms with van der Waals surface area (Å²) >= 11 is 0. The van der Waals surface area contributed by atoms with E-state index in [9.17, 15) is 0 Å². The third-order valence-electron chi connectivity index (χ3n) is 2.25. The average molecular weight is 269 g/mol. The van der Waals surface area contributed by atoms with Gasteiger partial charge in [0.25, 0.3) is 0 Å². The summed E-state index contributed by atoms with van der Waals surface area (Å²) in [6, 6.07) is 0. The molecule has 9 heteroatoms. The molecule has 2 heterocycles. The van der Waals surface area contributed by atoms with E-state index in [0.717, 1.165) is 0 Å². The third-order valence-corrected chi connectivity index (χ3v) is 2.25. The van der Waals surface area contributed by atoms with Crippen LogP contribution in [0.3, 0.4) is 0 Å². The van der Waals surface area contributed by atoms with E-state index in [-0.39, 0.29) is 45.0 Å². The van der Waals surface area contributed by atoms with Crippen molar-refractivity contribution in [1.29, 1.82) is 0 Å². The fourth-order valence-electron chi connectivity index (χ4n) is 1.50. The Morgan fingerprint density at radius 1 is 1.21 bits per heavy atom. The minimum atomic E-state index is -0.133. The van der Waals surface area contributed by atoms with Gasteiger partial charge in [-0.25, -0.2) is 4.98 Å². The van der Waals surface area contributed by atoms with Crippen LogP contribution in [0.4, 0.5) is 5.95 Å². The summed E-state index contributed by atoms with van der Waals surface area (Å²) < 4.78 is 12.1. The molecule has 0 amide bonds. The van der Waals surface area contributed by atoms with Crippen LogP contribution in [0.5, 0.6) is 5.88 Å². The molecule has 0 spiro atoms. The minimum Gasteiger partial charge on any atom is -0.474 e. The lowest BCUT2D eigenvalue weighted by Gasteiger charge is -2.06. The molecule has 0 unspecified atom stereocenters.